The van der Waals surface area contributed by atoms with E-state index in [0.717, 1.165) is 5.56 Å². The van der Waals surface area contributed by atoms with Crippen LogP contribution in [-0.4, -0.2) is 40.9 Å². The number of rotatable bonds is 6. The lowest BCUT2D eigenvalue weighted by Crippen LogP contribution is -2.38. The number of aromatic nitrogens is 1. The van der Waals surface area contributed by atoms with Crippen molar-refractivity contribution in [2.75, 3.05) is 19.8 Å². The molecule has 30 heavy (non-hydrogen) atoms. The van der Waals surface area contributed by atoms with Crippen LogP contribution >= 0.6 is 0 Å². The molecule has 1 aromatic carbocycles. The van der Waals surface area contributed by atoms with Crippen LogP contribution in [0.2, 0.25) is 0 Å². The van der Waals surface area contributed by atoms with Crippen LogP contribution in [0.5, 0.6) is 11.6 Å². The fourth-order valence-corrected chi connectivity index (χ4v) is 4.19. The van der Waals surface area contributed by atoms with Gasteiger partial charge in [0.15, 0.2) is 0 Å². The quantitative estimate of drug-likeness (QED) is 0.567. The van der Waals surface area contributed by atoms with Gasteiger partial charge in [-0.15, -0.1) is 0 Å². The van der Waals surface area contributed by atoms with Crippen LogP contribution in [0.4, 0.5) is 0 Å². The van der Waals surface area contributed by atoms with Gasteiger partial charge in [-0.2, -0.15) is 0 Å². The monoisotopic (exact) mass is 412 g/mol. The fourth-order valence-electron chi connectivity index (χ4n) is 4.19. The van der Waals surface area contributed by atoms with Gasteiger partial charge in [0.1, 0.15) is 23.7 Å². The van der Waals surface area contributed by atoms with Crippen molar-refractivity contribution in [3.8, 4) is 11.6 Å². The summed E-state index contributed by atoms with van der Waals surface area (Å²) in [7, 11) is 0. The summed E-state index contributed by atoms with van der Waals surface area (Å²) in [6, 6.07) is 6.78. The van der Waals surface area contributed by atoms with Crippen LogP contribution in [0.25, 0.3) is 11.0 Å². The number of amides is 1. The summed E-state index contributed by atoms with van der Waals surface area (Å²) in [5.41, 5.74) is 7.27. The standard InChI is InChI=1S/C22H24N2O6/c1-13-18(21(23)27)19-15(30-13)2-3-16(29-11-14-4-7-24-17(26)10-14)20(19)22(12-25)5-8-28-9-6-22/h2-4,7,10,25H,5-6,8-9,11-12H2,1H3,(H2,23,27)(H,24,26). The van der Waals surface area contributed by atoms with E-state index < -0.39 is 11.3 Å². The van der Waals surface area contributed by atoms with Gasteiger partial charge in [-0.25, -0.2) is 4.98 Å². The minimum absolute atomic E-state index is 0.0930. The number of aliphatic hydroxyl groups excluding tert-OH is 1. The number of ether oxygens (including phenoxy) is 2. The molecule has 0 atom stereocenters. The molecule has 158 valence electrons. The number of aliphatic hydroxyl groups is 1. The first kappa shape index (κ1) is 20.2. The van der Waals surface area contributed by atoms with Gasteiger partial charge in [-0.1, -0.05) is 0 Å². The summed E-state index contributed by atoms with van der Waals surface area (Å²) in [6.45, 7) is 2.70. The SMILES string of the molecule is Cc1oc2ccc(OCc3ccnc(O)c3)c(C3(CO)CCOCC3)c2c1C(N)=O. The Morgan fingerprint density at radius 1 is 1.30 bits per heavy atom. The third-order valence-corrected chi connectivity index (χ3v) is 5.73. The molecular formula is C22H24N2O6. The van der Waals surface area contributed by atoms with Crippen LogP contribution in [0, 0.1) is 6.92 Å². The molecule has 1 aliphatic rings. The Labute approximate surface area is 173 Å². The number of hydrogen-bond donors (Lipinski definition) is 3. The van der Waals surface area contributed by atoms with Gasteiger partial charge in [-0.3, -0.25) is 4.79 Å². The van der Waals surface area contributed by atoms with Gasteiger partial charge in [0, 0.05) is 41.8 Å². The van der Waals surface area contributed by atoms with Crippen molar-refractivity contribution in [2.45, 2.75) is 31.8 Å². The predicted octanol–water partition coefficient (Wildman–Crippen LogP) is 2.56. The van der Waals surface area contributed by atoms with Crippen LogP contribution in [-0.2, 0) is 16.8 Å². The van der Waals surface area contributed by atoms with Crippen LogP contribution < -0.4 is 10.5 Å². The maximum Gasteiger partial charge on any atom is 0.252 e. The van der Waals surface area contributed by atoms with E-state index in [1.54, 1.807) is 25.1 Å². The highest BCUT2D eigenvalue weighted by atomic mass is 16.5. The highest BCUT2D eigenvalue weighted by molar-refractivity contribution is 6.08. The van der Waals surface area contributed by atoms with E-state index in [4.69, 9.17) is 19.6 Å². The molecule has 3 aromatic rings. The zero-order valence-corrected chi connectivity index (χ0v) is 16.7. The Hall–Kier alpha value is -3.10. The molecule has 0 spiro atoms. The van der Waals surface area contributed by atoms with Crippen LogP contribution in [0.1, 0.15) is 40.1 Å². The van der Waals surface area contributed by atoms with E-state index in [1.165, 1.54) is 12.3 Å². The van der Waals surface area contributed by atoms with Gasteiger partial charge in [0.05, 0.1) is 12.2 Å². The van der Waals surface area contributed by atoms with Crippen molar-refractivity contribution in [3.63, 3.8) is 0 Å². The number of nitrogens with two attached hydrogens (primary N) is 1. The van der Waals surface area contributed by atoms with E-state index in [1.807, 2.05) is 0 Å². The number of aryl methyl sites for hydroxylation is 1. The van der Waals surface area contributed by atoms with Gasteiger partial charge in [-0.05, 0) is 43.5 Å². The molecule has 4 N–H and O–H groups in total. The minimum Gasteiger partial charge on any atom is -0.493 e. The van der Waals surface area contributed by atoms with Crippen molar-refractivity contribution < 1.29 is 28.9 Å². The van der Waals surface area contributed by atoms with Gasteiger partial charge >= 0.3 is 0 Å². The lowest BCUT2D eigenvalue weighted by atomic mass is 9.72. The largest absolute Gasteiger partial charge is 0.493 e. The van der Waals surface area contributed by atoms with E-state index in [2.05, 4.69) is 4.98 Å². The second-order valence-corrected chi connectivity index (χ2v) is 7.57. The number of nitrogens with zero attached hydrogens (tertiary/aromatic N) is 1. The smallest absolute Gasteiger partial charge is 0.252 e. The van der Waals surface area contributed by atoms with E-state index in [9.17, 15) is 15.0 Å². The third-order valence-electron chi connectivity index (χ3n) is 5.73. The average molecular weight is 412 g/mol. The summed E-state index contributed by atoms with van der Waals surface area (Å²) >= 11 is 0. The molecule has 2 aromatic heterocycles. The number of primary amides is 1. The minimum atomic E-state index is -0.659. The molecule has 0 saturated carbocycles. The van der Waals surface area contributed by atoms with Crippen molar-refractivity contribution in [2.24, 2.45) is 5.73 Å². The van der Waals surface area contributed by atoms with Gasteiger partial charge in [0.2, 0.25) is 5.88 Å². The molecule has 4 rings (SSSR count). The van der Waals surface area contributed by atoms with Crippen molar-refractivity contribution in [3.05, 3.63) is 52.9 Å². The molecule has 3 heterocycles. The molecule has 1 fully saturated rings. The van der Waals surface area contributed by atoms with Crippen molar-refractivity contribution >= 4 is 16.9 Å². The van der Waals surface area contributed by atoms with E-state index in [-0.39, 0.29) is 19.1 Å². The fraction of sp³-hybridized carbons (Fsp3) is 0.364. The Morgan fingerprint density at radius 3 is 2.73 bits per heavy atom. The molecule has 1 saturated heterocycles. The lowest BCUT2D eigenvalue weighted by molar-refractivity contribution is 0.0246. The highest BCUT2D eigenvalue weighted by Gasteiger charge is 2.40. The maximum absolute atomic E-state index is 12.3. The first-order valence-electron chi connectivity index (χ1n) is 9.77. The number of fused-ring (bicyclic) bond motifs is 1. The van der Waals surface area contributed by atoms with E-state index in [0.29, 0.717) is 59.7 Å². The summed E-state index contributed by atoms with van der Waals surface area (Å²) in [5.74, 6) is 0.265. The number of hydrogen-bond acceptors (Lipinski definition) is 7. The molecule has 8 nitrogen and oxygen atoms in total. The normalized spacial score (nSPS) is 15.9. The number of carbonyl (C=O) groups excluding carboxylic acids is 1. The number of carbonyl (C=O) groups is 1. The number of furan rings is 1. The van der Waals surface area contributed by atoms with Crippen molar-refractivity contribution in [1.82, 2.24) is 4.98 Å². The Morgan fingerprint density at radius 2 is 2.07 bits per heavy atom. The Kier molecular flexibility index (Phi) is 5.36. The molecule has 1 amide bonds. The van der Waals surface area contributed by atoms with Gasteiger partial charge in [0.25, 0.3) is 5.91 Å². The van der Waals surface area contributed by atoms with Crippen LogP contribution in [0.3, 0.4) is 0 Å². The third kappa shape index (κ3) is 3.48. The van der Waals surface area contributed by atoms with Crippen LogP contribution in [0.15, 0.2) is 34.9 Å². The average Bonchev–Trinajstić information content (AvgIpc) is 3.08. The summed E-state index contributed by atoms with van der Waals surface area (Å²) < 4.78 is 17.5. The van der Waals surface area contributed by atoms with Gasteiger partial charge < -0.3 is 29.8 Å². The second kappa shape index (κ2) is 7.97. The topological polar surface area (TPSA) is 128 Å². The zero-order chi connectivity index (χ0) is 21.3. The zero-order valence-electron chi connectivity index (χ0n) is 16.7. The molecule has 8 heteroatoms. The first-order chi connectivity index (χ1) is 14.4. The first-order valence-corrected chi connectivity index (χ1v) is 9.77. The molecule has 0 bridgehead atoms. The van der Waals surface area contributed by atoms with E-state index >= 15 is 0 Å². The second-order valence-electron chi connectivity index (χ2n) is 7.57. The molecular weight excluding hydrogens is 388 g/mol. The Bertz CT molecular complexity index is 1080. The number of aromatic hydroxyl groups is 1. The summed E-state index contributed by atoms with van der Waals surface area (Å²) in [4.78, 5) is 16.0. The summed E-state index contributed by atoms with van der Waals surface area (Å²) in [5, 5.41) is 20.6. The molecule has 0 aliphatic carbocycles. The predicted molar refractivity (Wildman–Crippen MR) is 109 cm³/mol. The summed E-state index contributed by atoms with van der Waals surface area (Å²) in [6.07, 6.45) is 2.63. The molecule has 1 aliphatic heterocycles. The Balaban J connectivity index is 1.88. The molecule has 0 radical (unpaired) electrons. The lowest BCUT2D eigenvalue weighted by Gasteiger charge is -2.37. The highest BCUT2D eigenvalue weighted by Crippen LogP contribution is 2.46. The number of pyridine rings is 1. The number of benzene rings is 1. The maximum atomic E-state index is 12.3. The molecule has 0 unspecified atom stereocenters. The van der Waals surface area contributed by atoms with Crippen molar-refractivity contribution in [1.29, 1.82) is 0 Å².